The zero-order chi connectivity index (χ0) is 11.5. The molecule has 0 radical (unpaired) electrons. The molecule has 0 amide bonds. The van der Waals surface area contributed by atoms with Crippen molar-refractivity contribution in [2.45, 2.75) is 26.4 Å². The molecule has 0 aliphatic carbocycles. The number of thiazole rings is 1. The molecule has 0 bridgehead atoms. The summed E-state index contributed by atoms with van der Waals surface area (Å²) in [5.41, 5.74) is 0. The van der Waals surface area contributed by atoms with Gasteiger partial charge in [-0.1, -0.05) is 0 Å². The maximum Gasteiger partial charge on any atom is 0.125 e. The van der Waals surface area contributed by atoms with Crippen molar-refractivity contribution in [3.05, 3.63) is 34.3 Å². The fourth-order valence-corrected chi connectivity index (χ4v) is 2.37. The Morgan fingerprint density at radius 3 is 2.88 bits per heavy atom. The molecule has 0 aliphatic heterocycles. The zero-order valence-electron chi connectivity index (χ0n) is 9.77. The molecule has 0 aromatic carbocycles. The molecule has 2 aromatic heterocycles. The average molecular weight is 236 g/mol. The van der Waals surface area contributed by atoms with Crippen LogP contribution in [0.3, 0.4) is 0 Å². The Hall–Kier alpha value is -1.20. The number of hydrogen-bond donors (Lipinski definition) is 1. The van der Waals surface area contributed by atoms with Gasteiger partial charge in [-0.3, -0.25) is 0 Å². The second kappa shape index (κ2) is 4.76. The average Bonchev–Trinajstić information content (AvgIpc) is 2.84. The van der Waals surface area contributed by atoms with E-state index < -0.39 is 0 Å². The van der Waals surface area contributed by atoms with Gasteiger partial charge in [0.15, 0.2) is 0 Å². The lowest BCUT2D eigenvalue weighted by Crippen LogP contribution is -2.20. The van der Waals surface area contributed by atoms with Crippen LogP contribution in [0.2, 0.25) is 0 Å². The van der Waals surface area contributed by atoms with E-state index in [-0.39, 0.29) is 6.04 Å². The highest BCUT2D eigenvalue weighted by atomic mass is 32.1. The minimum atomic E-state index is 0.252. The van der Waals surface area contributed by atoms with Crippen LogP contribution >= 0.6 is 11.3 Å². The first-order valence-electron chi connectivity index (χ1n) is 5.28. The molecule has 1 atom stereocenters. The standard InChI is InChI=1S/C11H16N4S/c1-8(11-12-4-5-15(11)3)13-6-10-7-14-9(2)16-10/h4-5,7-8,13H,6H2,1-3H3. The summed E-state index contributed by atoms with van der Waals surface area (Å²) in [6.45, 7) is 4.99. The number of rotatable bonds is 4. The first-order valence-corrected chi connectivity index (χ1v) is 6.10. The van der Waals surface area contributed by atoms with Gasteiger partial charge in [0.1, 0.15) is 5.82 Å². The van der Waals surface area contributed by atoms with E-state index in [0.717, 1.165) is 17.4 Å². The van der Waals surface area contributed by atoms with E-state index in [1.165, 1.54) is 4.88 Å². The quantitative estimate of drug-likeness (QED) is 0.883. The number of aromatic nitrogens is 3. The summed E-state index contributed by atoms with van der Waals surface area (Å²) in [7, 11) is 2.01. The number of imidazole rings is 1. The first kappa shape index (κ1) is 11.3. The summed E-state index contributed by atoms with van der Waals surface area (Å²) in [5, 5.41) is 4.55. The number of nitrogens with zero attached hydrogens (tertiary/aromatic N) is 3. The Labute approximate surface area is 99.4 Å². The fraction of sp³-hybridized carbons (Fsp3) is 0.455. The van der Waals surface area contributed by atoms with Crippen molar-refractivity contribution in [3.8, 4) is 0 Å². The monoisotopic (exact) mass is 236 g/mol. The Bertz CT molecular complexity index is 460. The summed E-state index contributed by atoms with van der Waals surface area (Å²) >= 11 is 1.73. The van der Waals surface area contributed by atoms with Gasteiger partial charge in [0.2, 0.25) is 0 Å². The van der Waals surface area contributed by atoms with E-state index in [0.29, 0.717) is 0 Å². The van der Waals surface area contributed by atoms with Crippen LogP contribution in [-0.2, 0) is 13.6 Å². The third-order valence-electron chi connectivity index (χ3n) is 2.50. The Morgan fingerprint density at radius 2 is 2.31 bits per heavy atom. The second-order valence-corrected chi connectivity index (χ2v) is 5.16. The van der Waals surface area contributed by atoms with Gasteiger partial charge in [0.05, 0.1) is 11.0 Å². The lowest BCUT2D eigenvalue weighted by molar-refractivity contribution is 0.532. The predicted octanol–water partition coefficient (Wildman–Crippen LogP) is 2.04. The molecule has 0 aliphatic rings. The van der Waals surface area contributed by atoms with Crippen molar-refractivity contribution in [1.29, 1.82) is 0 Å². The van der Waals surface area contributed by atoms with Crippen molar-refractivity contribution in [3.63, 3.8) is 0 Å². The van der Waals surface area contributed by atoms with Gasteiger partial charge >= 0.3 is 0 Å². The molecule has 2 heterocycles. The Kier molecular flexibility index (Phi) is 3.36. The van der Waals surface area contributed by atoms with E-state index in [2.05, 4.69) is 22.2 Å². The maximum absolute atomic E-state index is 4.32. The maximum atomic E-state index is 4.32. The van der Waals surface area contributed by atoms with Crippen LogP contribution in [0.5, 0.6) is 0 Å². The summed E-state index contributed by atoms with van der Waals surface area (Å²) in [6, 6.07) is 0.252. The Balaban J connectivity index is 1.93. The third kappa shape index (κ3) is 2.48. The molecule has 0 saturated carbocycles. The number of hydrogen-bond acceptors (Lipinski definition) is 4. The van der Waals surface area contributed by atoms with Crippen LogP contribution in [0.1, 0.15) is 28.7 Å². The zero-order valence-corrected chi connectivity index (χ0v) is 10.6. The molecule has 4 nitrogen and oxygen atoms in total. The van der Waals surface area contributed by atoms with Crippen molar-refractivity contribution in [2.75, 3.05) is 0 Å². The molecule has 16 heavy (non-hydrogen) atoms. The Morgan fingerprint density at radius 1 is 1.50 bits per heavy atom. The summed E-state index contributed by atoms with van der Waals surface area (Å²) < 4.78 is 2.04. The largest absolute Gasteiger partial charge is 0.337 e. The normalized spacial score (nSPS) is 12.9. The summed E-state index contributed by atoms with van der Waals surface area (Å²) in [4.78, 5) is 9.82. The number of aryl methyl sites for hydroxylation is 2. The van der Waals surface area contributed by atoms with Crippen molar-refractivity contribution >= 4 is 11.3 Å². The molecule has 5 heteroatoms. The van der Waals surface area contributed by atoms with Gasteiger partial charge in [0, 0.05) is 37.1 Å². The van der Waals surface area contributed by atoms with Crippen LogP contribution in [0.25, 0.3) is 0 Å². The highest BCUT2D eigenvalue weighted by molar-refractivity contribution is 7.11. The lowest BCUT2D eigenvalue weighted by atomic mass is 10.3. The number of nitrogens with one attached hydrogen (secondary N) is 1. The van der Waals surface area contributed by atoms with Gasteiger partial charge in [-0.25, -0.2) is 9.97 Å². The molecule has 0 fully saturated rings. The highest BCUT2D eigenvalue weighted by Gasteiger charge is 2.09. The minimum absolute atomic E-state index is 0.252. The van der Waals surface area contributed by atoms with E-state index in [9.17, 15) is 0 Å². The lowest BCUT2D eigenvalue weighted by Gasteiger charge is -2.12. The van der Waals surface area contributed by atoms with Crippen molar-refractivity contribution in [1.82, 2.24) is 19.9 Å². The summed E-state index contributed by atoms with van der Waals surface area (Å²) in [6.07, 6.45) is 5.72. The third-order valence-corrected chi connectivity index (χ3v) is 3.41. The van der Waals surface area contributed by atoms with Gasteiger partial charge in [-0.15, -0.1) is 11.3 Å². The van der Waals surface area contributed by atoms with E-state index in [4.69, 9.17) is 0 Å². The molecular weight excluding hydrogens is 220 g/mol. The van der Waals surface area contributed by atoms with Crippen LogP contribution in [-0.4, -0.2) is 14.5 Å². The predicted molar refractivity (Wildman–Crippen MR) is 65.3 cm³/mol. The van der Waals surface area contributed by atoms with E-state index in [1.54, 1.807) is 11.3 Å². The van der Waals surface area contributed by atoms with Crippen LogP contribution < -0.4 is 5.32 Å². The van der Waals surface area contributed by atoms with E-state index >= 15 is 0 Å². The molecule has 0 spiro atoms. The van der Waals surface area contributed by atoms with E-state index in [1.807, 2.05) is 37.1 Å². The van der Waals surface area contributed by atoms with Gasteiger partial charge < -0.3 is 9.88 Å². The SMILES string of the molecule is Cc1ncc(CNC(C)c2nccn2C)s1. The second-order valence-electron chi connectivity index (χ2n) is 3.84. The summed E-state index contributed by atoms with van der Waals surface area (Å²) in [5.74, 6) is 1.06. The molecule has 2 rings (SSSR count). The highest BCUT2D eigenvalue weighted by Crippen LogP contribution is 2.14. The smallest absolute Gasteiger partial charge is 0.125 e. The van der Waals surface area contributed by atoms with Gasteiger partial charge in [-0.05, 0) is 13.8 Å². The molecule has 0 saturated heterocycles. The van der Waals surface area contributed by atoms with Gasteiger partial charge in [-0.2, -0.15) is 0 Å². The first-order chi connectivity index (χ1) is 7.66. The molecule has 2 aromatic rings. The van der Waals surface area contributed by atoms with Crippen LogP contribution in [0.4, 0.5) is 0 Å². The molecule has 1 unspecified atom stereocenters. The van der Waals surface area contributed by atoms with Crippen LogP contribution in [0, 0.1) is 6.92 Å². The molecule has 1 N–H and O–H groups in total. The topological polar surface area (TPSA) is 42.7 Å². The minimum Gasteiger partial charge on any atom is -0.337 e. The molecule has 86 valence electrons. The van der Waals surface area contributed by atoms with Gasteiger partial charge in [0.25, 0.3) is 0 Å². The van der Waals surface area contributed by atoms with Crippen molar-refractivity contribution in [2.24, 2.45) is 7.05 Å². The van der Waals surface area contributed by atoms with Crippen molar-refractivity contribution < 1.29 is 0 Å². The fourth-order valence-electron chi connectivity index (χ4n) is 1.63. The molecular formula is C11H16N4S. The van der Waals surface area contributed by atoms with Crippen LogP contribution in [0.15, 0.2) is 18.6 Å².